The third-order valence-corrected chi connectivity index (χ3v) is 2.77. The molecule has 0 aliphatic carbocycles. The van der Waals surface area contributed by atoms with Crippen molar-refractivity contribution in [3.63, 3.8) is 0 Å². The van der Waals surface area contributed by atoms with Crippen molar-refractivity contribution >= 4 is 22.7 Å². The van der Waals surface area contributed by atoms with E-state index in [1.165, 1.54) is 0 Å². The number of carbonyl (C=O) groups excluding carboxylic acids is 2. The monoisotopic (exact) mass is 274 g/mol. The second-order valence-electron chi connectivity index (χ2n) is 4.85. The van der Waals surface area contributed by atoms with Crippen LogP contribution >= 0.6 is 0 Å². The number of para-hydroxylation sites is 1. The number of rotatable bonds is 5. The Morgan fingerprint density at radius 1 is 1.30 bits per heavy atom. The summed E-state index contributed by atoms with van der Waals surface area (Å²) in [6.45, 7) is 4.08. The lowest BCUT2D eigenvalue weighted by Gasteiger charge is -2.08. The van der Waals surface area contributed by atoms with Crippen molar-refractivity contribution in [2.75, 3.05) is 6.54 Å². The van der Waals surface area contributed by atoms with E-state index in [4.69, 9.17) is 0 Å². The van der Waals surface area contributed by atoms with Gasteiger partial charge in [0, 0.05) is 24.4 Å². The zero-order valence-corrected chi connectivity index (χ0v) is 11.6. The Labute approximate surface area is 116 Å². The minimum Gasteiger partial charge on any atom is -0.354 e. The Morgan fingerprint density at radius 2 is 2.05 bits per heavy atom. The van der Waals surface area contributed by atoms with Crippen molar-refractivity contribution < 1.29 is 9.59 Å². The molecule has 2 aromatic rings. The van der Waals surface area contributed by atoms with Gasteiger partial charge in [-0.3, -0.25) is 14.7 Å². The molecule has 0 unspecified atom stereocenters. The summed E-state index contributed by atoms with van der Waals surface area (Å²) in [4.78, 5) is 23.4. The van der Waals surface area contributed by atoms with Crippen molar-refractivity contribution in [2.45, 2.75) is 26.3 Å². The summed E-state index contributed by atoms with van der Waals surface area (Å²) in [7, 11) is 0. The van der Waals surface area contributed by atoms with Crippen LogP contribution in [-0.4, -0.2) is 34.6 Å². The Kier molecular flexibility index (Phi) is 4.34. The number of nitrogens with one attached hydrogen (secondary N) is 3. The minimum absolute atomic E-state index is 0.0767. The highest BCUT2D eigenvalue weighted by atomic mass is 16.2. The maximum absolute atomic E-state index is 12.0. The summed E-state index contributed by atoms with van der Waals surface area (Å²) in [5.41, 5.74) is 1.17. The van der Waals surface area contributed by atoms with Crippen molar-refractivity contribution in [2.24, 2.45) is 0 Å². The number of H-pyrrole nitrogens is 1. The molecule has 0 saturated heterocycles. The maximum atomic E-state index is 12.0. The van der Waals surface area contributed by atoms with Gasteiger partial charge in [-0.1, -0.05) is 18.2 Å². The smallest absolute Gasteiger partial charge is 0.272 e. The van der Waals surface area contributed by atoms with Crippen molar-refractivity contribution in [3.8, 4) is 0 Å². The third-order valence-electron chi connectivity index (χ3n) is 2.77. The molecule has 0 spiro atoms. The van der Waals surface area contributed by atoms with Gasteiger partial charge in [0.1, 0.15) is 0 Å². The van der Waals surface area contributed by atoms with Crippen LogP contribution in [0.15, 0.2) is 24.3 Å². The number of aromatic nitrogens is 2. The van der Waals surface area contributed by atoms with Crippen LogP contribution < -0.4 is 10.6 Å². The van der Waals surface area contributed by atoms with Gasteiger partial charge in [-0.15, -0.1) is 0 Å². The van der Waals surface area contributed by atoms with Crippen molar-refractivity contribution in [1.82, 2.24) is 20.8 Å². The molecule has 6 nitrogen and oxygen atoms in total. The van der Waals surface area contributed by atoms with Crippen LogP contribution in [0.4, 0.5) is 0 Å². The Balaban J connectivity index is 1.91. The standard InChI is InChI=1S/C14H18N4O2/c1-9(2)16-12(19)7-8-15-14(20)13-10-5-3-4-6-11(10)17-18-13/h3-6,9H,7-8H2,1-2H3,(H,15,20)(H,16,19)(H,17,18). The fourth-order valence-corrected chi connectivity index (χ4v) is 1.90. The molecular formula is C14H18N4O2. The van der Waals surface area contributed by atoms with Gasteiger partial charge in [0.15, 0.2) is 5.69 Å². The van der Waals surface area contributed by atoms with E-state index in [1.807, 2.05) is 38.1 Å². The lowest BCUT2D eigenvalue weighted by Crippen LogP contribution is -2.34. The Bertz CT molecular complexity index is 618. The number of carbonyl (C=O) groups is 2. The molecule has 0 aliphatic heterocycles. The van der Waals surface area contributed by atoms with E-state index in [0.717, 1.165) is 10.9 Å². The molecule has 1 aromatic carbocycles. The van der Waals surface area contributed by atoms with Crippen LogP contribution in [0.5, 0.6) is 0 Å². The summed E-state index contributed by atoms with van der Waals surface area (Å²) in [6, 6.07) is 7.52. The number of fused-ring (bicyclic) bond motifs is 1. The summed E-state index contributed by atoms with van der Waals surface area (Å²) in [6.07, 6.45) is 0.256. The van der Waals surface area contributed by atoms with Crippen LogP contribution in [0.3, 0.4) is 0 Å². The molecule has 0 saturated carbocycles. The molecule has 6 heteroatoms. The van der Waals surface area contributed by atoms with Gasteiger partial charge in [-0.25, -0.2) is 0 Å². The zero-order chi connectivity index (χ0) is 14.5. The normalized spacial score (nSPS) is 10.8. The summed E-state index contributed by atoms with van der Waals surface area (Å²) in [5, 5.41) is 13.1. The molecule has 3 N–H and O–H groups in total. The van der Waals surface area contributed by atoms with E-state index in [0.29, 0.717) is 12.2 Å². The second kappa shape index (κ2) is 6.18. The summed E-state index contributed by atoms with van der Waals surface area (Å²) < 4.78 is 0. The van der Waals surface area contributed by atoms with Gasteiger partial charge in [-0.05, 0) is 19.9 Å². The number of benzene rings is 1. The van der Waals surface area contributed by atoms with E-state index in [-0.39, 0.29) is 24.3 Å². The number of hydrogen-bond donors (Lipinski definition) is 3. The van der Waals surface area contributed by atoms with Crippen LogP contribution in [0.2, 0.25) is 0 Å². The molecule has 106 valence electrons. The maximum Gasteiger partial charge on any atom is 0.272 e. The molecule has 0 bridgehead atoms. The van der Waals surface area contributed by atoms with Gasteiger partial charge in [0.05, 0.1) is 5.52 Å². The first-order chi connectivity index (χ1) is 9.58. The summed E-state index contributed by atoms with van der Waals surface area (Å²) in [5.74, 6) is -0.355. The topological polar surface area (TPSA) is 86.9 Å². The number of hydrogen-bond acceptors (Lipinski definition) is 3. The molecule has 2 rings (SSSR count). The second-order valence-corrected chi connectivity index (χ2v) is 4.85. The predicted molar refractivity (Wildman–Crippen MR) is 76.3 cm³/mol. The molecule has 0 aliphatic rings. The van der Waals surface area contributed by atoms with E-state index in [2.05, 4.69) is 20.8 Å². The molecule has 20 heavy (non-hydrogen) atoms. The highest BCUT2D eigenvalue weighted by Gasteiger charge is 2.13. The minimum atomic E-state index is -0.278. The predicted octanol–water partition coefficient (Wildman–Crippen LogP) is 1.21. The van der Waals surface area contributed by atoms with Crippen LogP contribution in [0.1, 0.15) is 30.8 Å². The van der Waals surface area contributed by atoms with E-state index in [9.17, 15) is 9.59 Å². The number of aromatic amines is 1. The van der Waals surface area contributed by atoms with Crippen molar-refractivity contribution in [1.29, 1.82) is 0 Å². The first kappa shape index (κ1) is 14.0. The number of amides is 2. The van der Waals surface area contributed by atoms with E-state index >= 15 is 0 Å². The van der Waals surface area contributed by atoms with Crippen LogP contribution in [-0.2, 0) is 4.79 Å². The van der Waals surface area contributed by atoms with E-state index < -0.39 is 0 Å². The lowest BCUT2D eigenvalue weighted by molar-refractivity contribution is -0.121. The molecular weight excluding hydrogens is 256 g/mol. The highest BCUT2D eigenvalue weighted by molar-refractivity contribution is 6.04. The largest absolute Gasteiger partial charge is 0.354 e. The molecule has 0 atom stereocenters. The Morgan fingerprint density at radius 3 is 2.80 bits per heavy atom. The van der Waals surface area contributed by atoms with Gasteiger partial charge >= 0.3 is 0 Å². The molecule has 0 radical (unpaired) electrons. The zero-order valence-electron chi connectivity index (χ0n) is 11.6. The molecule has 2 amide bonds. The summed E-state index contributed by atoms with van der Waals surface area (Å²) >= 11 is 0. The Hall–Kier alpha value is -2.37. The molecule has 1 heterocycles. The van der Waals surface area contributed by atoms with Gasteiger partial charge < -0.3 is 10.6 Å². The number of nitrogens with zero attached hydrogens (tertiary/aromatic N) is 1. The average Bonchev–Trinajstić information content (AvgIpc) is 2.81. The quantitative estimate of drug-likeness (QED) is 0.766. The van der Waals surface area contributed by atoms with Gasteiger partial charge in [0.25, 0.3) is 5.91 Å². The van der Waals surface area contributed by atoms with Gasteiger partial charge in [-0.2, -0.15) is 5.10 Å². The highest BCUT2D eigenvalue weighted by Crippen LogP contribution is 2.14. The first-order valence-corrected chi connectivity index (χ1v) is 6.58. The van der Waals surface area contributed by atoms with Crippen LogP contribution in [0.25, 0.3) is 10.9 Å². The van der Waals surface area contributed by atoms with E-state index in [1.54, 1.807) is 0 Å². The fourth-order valence-electron chi connectivity index (χ4n) is 1.90. The fraction of sp³-hybridized carbons (Fsp3) is 0.357. The molecule has 1 aromatic heterocycles. The lowest BCUT2D eigenvalue weighted by atomic mass is 10.2. The van der Waals surface area contributed by atoms with Gasteiger partial charge in [0.2, 0.25) is 5.91 Å². The van der Waals surface area contributed by atoms with Crippen molar-refractivity contribution in [3.05, 3.63) is 30.0 Å². The SMILES string of the molecule is CC(C)NC(=O)CCNC(=O)c1n[nH]c2ccccc12. The average molecular weight is 274 g/mol. The first-order valence-electron chi connectivity index (χ1n) is 6.58. The van der Waals surface area contributed by atoms with Crippen LogP contribution in [0, 0.1) is 0 Å². The third kappa shape index (κ3) is 3.34. The molecule has 0 fully saturated rings.